The van der Waals surface area contributed by atoms with Crippen LogP contribution in [0.25, 0.3) is 22.4 Å². The summed E-state index contributed by atoms with van der Waals surface area (Å²) in [5.41, 5.74) is 3.05. The van der Waals surface area contributed by atoms with Crippen molar-refractivity contribution in [1.29, 1.82) is 5.26 Å². The zero-order valence-electron chi connectivity index (χ0n) is 16.6. The third kappa shape index (κ3) is 4.07. The lowest BCUT2D eigenvalue weighted by atomic mass is 10.1. The van der Waals surface area contributed by atoms with Crippen molar-refractivity contribution in [2.24, 2.45) is 0 Å². The van der Waals surface area contributed by atoms with Gasteiger partial charge in [0.15, 0.2) is 0 Å². The lowest BCUT2D eigenvalue weighted by molar-refractivity contribution is 0.0956. The van der Waals surface area contributed by atoms with Crippen LogP contribution >= 0.6 is 0 Å². The van der Waals surface area contributed by atoms with Crippen molar-refractivity contribution in [2.75, 3.05) is 18.4 Å². The number of nitriles is 1. The first-order valence-corrected chi connectivity index (χ1v) is 9.61. The Kier molecular flexibility index (Phi) is 5.58. The summed E-state index contributed by atoms with van der Waals surface area (Å²) < 4.78 is 19.0. The van der Waals surface area contributed by atoms with Crippen LogP contribution in [0.15, 0.2) is 59.1 Å². The largest absolute Gasteiger partial charge is 0.382 e. The third-order valence-corrected chi connectivity index (χ3v) is 4.78. The minimum atomic E-state index is -0.591. The van der Waals surface area contributed by atoms with Crippen molar-refractivity contribution in [1.82, 2.24) is 15.5 Å². The van der Waals surface area contributed by atoms with Gasteiger partial charge in [-0.2, -0.15) is 5.26 Å². The van der Waals surface area contributed by atoms with E-state index < -0.39 is 5.82 Å². The Balaban J connectivity index is 1.52. The van der Waals surface area contributed by atoms with Crippen molar-refractivity contribution in [3.8, 4) is 17.3 Å². The van der Waals surface area contributed by atoms with E-state index >= 15 is 0 Å². The maximum Gasteiger partial charge on any atom is 0.259 e. The molecule has 0 radical (unpaired) electrons. The number of fused-ring (bicyclic) bond motifs is 1. The normalized spacial score (nSPS) is 10.6. The zero-order chi connectivity index (χ0) is 21.8. The second kappa shape index (κ2) is 8.63. The van der Waals surface area contributed by atoms with E-state index in [1.165, 1.54) is 12.1 Å². The summed E-state index contributed by atoms with van der Waals surface area (Å²) in [6.45, 7) is 2.32. The predicted octanol–water partition coefficient (Wildman–Crippen LogP) is 4.05. The van der Waals surface area contributed by atoms with E-state index in [-0.39, 0.29) is 18.0 Å². The topological polar surface area (TPSA) is 104 Å². The number of anilines is 1. The van der Waals surface area contributed by atoms with Crippen LogP contribution in [0.3, 0.4) is 0 Å². The molecule has 1 amide bonds. The summed E-state index contributed by atoms with van der Waals surface area (Å²) in [5.74, 6) is -0.899. The van der Waals surface area contributed by atoms with E-state index in [9.17, 15) is 9.18 Å². The van der Waals surface area contributed by atoms with Gasteiger partial charge in [-0.05, 0) is 25.1 Å². The molecule has 0 bridgehead atoms. The van der Waals surface area contributed by atoms with Gasteiger partial charge in [0.05, 0.1) is 28.0 Å². The fourth-order valence-electron chi connectivity index (χ4n) is 3.28. The maximum absolute atomic E-state index is 13.7. The molecule has 31 heavy (non-hydrogen) atoms. The van der Waals surface area contributed by atoms with Crippen LogP contribution in [0, 0.1) is 24.1 Å². The summed E-state index contributed by atoms with van der Waals surface area (Å²) in [6, 6.07) is 17.4. The maximum atomic E-state index is 13.7. The number of hydrogen-bond donors (Lipinski definition) is 2. The number of halogens is 1. The lowest BCUT2D eigenvalue weighted by Crippen LogP contribution is -2.29. The summed E-state index contributed by atoms with van der Waals surface area (Å²) >= 11 is 0. The zero-order valence-corrected chi connectivity index (χ0v) is 16.6. The molecule has 0 saturated heterocycles. The van der Waals surface area contributed by atoms with Gasteiger partial charge in [0.25, 0.3) is 11.6 Å². The van der Waals surface area contributed by atoms with E-state index in [0.29, 0.717) is 40.3 Å². The van der Waals surface area contributed by atoms with E-state index in [1.807, 2.05) is 36.4 Å². The molecule has 7 nitrogen and oxygen atoms in total. The van der Waals surface area contributed by atoms with Crippen LogP contribution in [0.2, 0.25) is 0 Å². The number of aryl methyl sites for hydroxylation is 1. The Morgan fingerprint density at radius 2 is 1.97 bits per heavy atom. The minimum Gasteiger partial charge on any atom is -0.382 e. The quantitative estimate of drug-likeness (QED) is 0.461. The number of carbonyl (C=O) groups is 1. The summed E-state index contributed by atoms with van der Waals surface area (Å²) in [7, 11) is 0. The second-order valence-electron chi connectivity index (χ2n) is 6.83. The van der Waals surface area contributed by atoms with Crippen LogP contribution in [0.5, 0.6) is 0 Å². The van der Waals surface area contributed by atoms with Gasteiger partial charge < -0.3 is 15.2 Å². The summed E-state index contributed by atoms with van der Waals surface area (Å²) in [4.78, 5) is 17.4. The molecule has 0 aliphatic heterocycles. The third-order valence-electron chi connectivity index (χ3n) is 4.78. The number of rotatable bonds is 6. The highest BCUT2D eigenvalue weighted by Crippen LogP contribution is 2.27. The number of hydrogen-bond acceptors (Lipinski definition) is 6. The van der Waals surface area contributed by atoms with Crippen molar-refractivity contribution >= 4 is 22.7 Å². The highest BCUT2D eigenvalue weighted by Gasteiger charge is 2.19. The van der Waals surface area contributed by atoms with Crippen LogP contribution in [0.1, 0.15) is 21.6 Å². The molecule has 0 atom stereocenters. The van der Waals surface area contributed by atoms with Gasteiger partial charge in [-0.1, -0.05) is 41.6 Å². The van der Waals surface area contributed by atoms with Gasteiger partial charge in [-0.25, -0.2) is 9.37 Å². The molecular formula is C23H18FN5O2. The molecule has 0 saturated carbocycles. The Morgan fingerprint density at radius 3 is 2.74 bits per heavy atom. The molecule has 0 unspecified atom stereocenters. The number of amides is 1. The SMILES string of the molecule is Cc1noc2nc(-c3ccccc3)cc(C(=O)NCCNc3cccc(F)c3C#N)c12. The molecule has 154 valence electrons. The molecular weight excluding hydrogens is 397 g/mol. The highest BCUT2D eigenvalue weighted by atomic mass is 19.1. The van der Waals surface area contributed by atoms with E-state index in [2.05, 4.69) is 20.8 Å². The van der Waals surface area contributed by atoms with Crippen molar-refractivity contribution in [2.45, 2.75) is 6.92 Å². The number of nitrogens with one attached hydrogen (secondary N) is 2. The van der Waals surface area contributed by atoms with Crippen molar-refractivity contribution in [3.05, 3.63) is 77.2 Å². The smallest absolute Gasteiger partial charge is 0.259 e. The fourth-order valence-corrected chi connectivity index (χ4v) is 3.28. The molecule has 2 aromatic heterocycles. The first kappa shape index (κ1) is 20.0. The molecule has 2 heterocycles. The number of benzene rings is 2. The molecule has 0 fully saturated rings. The van der Waals surface area contributed by atoms with Gasteiger partial charge in [0.2, 0.25) is 0 Å². The van der Waals surface area contributed by atoms with Crippen molar-refractivity contribution in [3.63, 3.8) is 0 Å². The Bertz CT molecular complexity index is 1290. The van der Waals surface area contributed by atoms with Gasteiger partial charge in [-0.15, -0.1) is 0 Å². The molecule has 2 N–H and O–H groups in total. The van der Waals surface area contributed by atoms with Crippen LogP contribution in [0.4, 0.5) is 10.1 Å². The number of aromatic nitrogens is 2. The average Bonchev–Trinajstić information content (AvgIpc) is 3.17. The summed E-state index contributed by atoms with van der Waals surface area (Å²) in [6.07, 6.45) is 0. The monoisotopic (exact) mass is 415 g/mol. The Hall–Kier alpha value is -4.25. The molecule has 2 aromatic carbocycles. The standard InChI is InChI=1S/C23H18FN5O2/c1-14-21-16(12-20(28-23(21)31-29-14)15-6-3-2-4-7-15)22(30)27-11-10-26-19-9-5-8-18(24)17(19)13-25/h2-9,12,26H,10-11H2,1H3,(H,27,30). The summed E-state index contributed by atoms with van der Waals surface area (Å²) in [5, 5.41) is 19.4. The Morgan fingerprint density at radius 1 is 1.16 bits per heavy atom. The number of pyridine rings is 1. The van der Waals surface area contributed by atoms with Gasteiger partial charge in [0.1, 0.15) is 17.4 Å². The lowest BCUT2D eigenvalue weighted by Gasteiger charge is -2.11. The van der Waals surface area contributed by atoms with Crippen molar-refractivity contribution < 1.29 is 13.7 Å². The molecule has 8 heteroatoms. The van der Waals surface area contributed by atoms with E-state index in [1.54, 1.807) is 19.1 Å². The molecule has 4 rings (SSSR count). The number of nitrogens with zero attached hydrogens (tertiary/aromatic N) is 3. The Labute approximate surface area is 177 Å². The molecule has 0 aliphatic rings. The van der Waals surface area contributed by atoms with Crippen LogP contribution < -0.4 is 10.6 Å². The predicted molar refractivity (Wildman–Crippen MR) is 114 cm³/mol. The van der Waals surface area contributed by atoms with E-state index in [0.717, 1.165) is 5.56 Å². The molecule has 4 aromatic rings. The fraction of sp³-hybridized carbons (Fsp3) is 0.130. The molecule has 0 spiro atoms. The highest BCUT2D eigenvalue weighted by molar-refractivity contribution is 6.07. The van der Waals surface area contributed by atoms with Gasteiger partial charge >= 0.3 is 0 Å². The van der Waals surface area contributed by atoms with E-state index in [4.69, 9.17) is 9.78 Å². The van der Waals surface area contributed by atoms with Gasteiger partial charge in [-0.3, -0.25) is 4.79 Å². The first-order chi connectivity index (χ1) is 15.1. The average molecular weight is 415 g/mol. The number of carbonyl (C=O) groups excluding carboxylic acids is 1. The first-order valence-electron chi connectivity index (χ1n) is 9.61. The molecule has 0 aliphatic carbocycles. The second-order valence-corrected chi connectivity index (χ2v) is 6.83. The van der Waals surface area contributed by atoms with Crippen LogP contribution in [-0.4, -0.2) is 29.1 Å². The van der Waals surface area contributed by atoms with Crippen LogP contribution in [-0.2, 0) is 0 Å². The minimum absolute atomic E-state index is 0.0581. The van der Waals surface area contributed by atoms with Gasteiger partial charge in [0, 0.05) is 18.7 Å².